The lowest BCUT2D eigenvalue weighted by atomic mass is 10.3. The average molecular weight is 141 g/mol. The van der Waals surface area contributed by atoms with Gasteiger partial charge in [0.15, 0.2) is 5.43 Å². The number of pyridine rings is 1. The third kappa shape index (κ3) is 1.36. The fourth-order valence-electron chi connectivity index (χ4n) is 0.574. The van der Waals surface area contributed by atoms with E-state index in [-0.39, 0.29) is 5.43 Å². The molecule has 0 aliphatic carbocycles. The van der Waals surface area contributed by atoms with E-state index in [1.165, 1.54) is 6.07 Å². The highest BCUT2D eigenvalue weighted by molar-refractivity contribution is 7.79. The van der Waals surface area contributed by atoms with Gasteiger partial charge in [-0.05, 0) is 0 Å². The van der Waals surface area contributed by atoms with Crippen molar-refractivity contribution in [2.45, 2.75) is 5.75 Å². The molecule has 0 unspecified atom stereocenters. The van der Waals surface area contributed by atoms with Crippen molar-refractivity contribution in [3.63, 3.8) is 0 Å². The number of thiol groups is 1. The van der Waals surface area contributed by atoms with Crippen LogP contribution >= 0.6 is 12.6 Å². The summed E-state index contributed by atoms with van der Waals surface area (Å²) in [5.41, 5.74) is 0.754. The van der Waals surface area contributed by atoms with E-state index in [9.17, 15) is 4.79 Å². The van der Waals surface area contributed by atoms with Crippen molar-refractivity contribution in [2.24, 2.45) is 0 Å². The molecule has 0 bridgehead atoms. The smallest absolute Gasteiger partial charge is 0.185 e. The molecule has 0 radical (unpaired) electrons. The molecule has 0 amide bonds. The third-order valence-corrected chi connectivity index (χ3v) is 1.42. The minimum absolute atomic E-state index is 0.0451. The van der Waals surface area contributed by atoms with E-state index in [4.69, 9.17) is 0 Å². The number of hydrogen-bond acceptors (Lipinski definition) is 2. The van der Waals surface area contributed by atoms with Gasteiger partial charge in [-0.15, -0.1) is 0 Å². The molecule has 0 aliphatic heterocycles. The first-order valence-corrected chi connectivity index (χ1v) is 3.24. The number of aromatic amines is 1. The first kappa shape index (κ1) is 6.42. The molecule has 0 saturated carbocycles. The lowest BCUT2D eigenvalue weighted by Gasteiger charge is -1.89. The molecule has 0 aromatic carbocycles. The van der Waals surface area contributed by atoms with E-state index < -0.39 is 0 Å². The maximum absolute atomic E-state index is 10.8. The fraction of sp³-hybridized carbons (Fsp3) is 0.167. The lowest BCUT2D eigenvalue weighted by Crippen LogP contribution is -2.04. The Labute approximate surface area is 58.3 Å². The van der Waals surface area contributed by atoms with Gasteiger partial charge >= 0.3 is 0 Å². The normalized spacial score (nSPS) is 9.44. The summed E-state index contributed by atoms with van der Waals surface area (Å²) in [4.78, 5) is 13.6. The predicted octanol–water partition coefficient (Wildman–Crippen LogP) is 0.805. The van der Waals surface area contributed by atoms with Crippen LogP contribution in [0, 0.1) is 0 Å². The standard InChI is InChI=1S/C6H7NOS/c8-6-1-2-7-3-5(6)4-9/h1-3,9H,4H2,(H,7,8). The van der Waals surface area contributed by atoms with Crippen molar-refractivity contribution in [3.05, 3.63) is 34.2 Å². The Morgan fingerprint density at radius 2 is 2.44 bits per heavy atom. The number of aromatic nitrogens is 1. The van der Waals surface area contributed by atoms with Crippen LogP contribution in [0.1, 0.15) is 5.56 Å². The molecule has 9 heavy (non-hydrogen) atoms. The summed E-state index contributed by atoms with van der Waals surface area (Å²) in [7, 11) is 0. The molecule has 0 aliphatic rings. The van der Waals surface area contributed by atoms with E-state index in [0.29, 0.717) is 11.3 Å². The SMILES string of the molecule is O=c1cc[nH]cc1CS. The van der Waals surface area contributed by atoms with Gasteiger partial charge in [-0.25, -0.2) is 0 Å². The van der Waals surface area contributed by atoms with Crippen LogP contribution in [0.3, 0.4) is 0 Å². The molecule has 1 aromatic rings. The molecular formula is C6H7NOS. The van der Waals surface area contributed by atoms with Crippen LogP contribution in [0.15, 0.2) is 23.3 Å². The number of nitrogens with one attached hydrogen (secondary N) is 1. The number of H-pyrrole nitrogens is 1. The van der Waals surface area contributed by atoms with Crippen LogP contribution in [0.2, 0.25) is 0 Å². The van der Waals surface area contributed by atoms with Gasteiger partial charge in [0.05, 0.1) is 0 Å². The Hall–Kier alpha value is -0.700. The largest absolute Gasteiger partial charge is 0.367 e. The Balaban J connectivity index is 3.16. The van der Waals surface area contributed by atoms with E-state index in [0.717, 1.165) is 0 Å². The molecule has 0 saturated heterocycles. The molecule has 1 aromatic heterocycles. The summed E-state index contributed by atoms with van der Waals surface area (Å²) in [5, 5.41) is 0. The highest BCUT2D eigenvalue weighted by atomic mass is 32.1. The zero-order chi connectivity index (χ0) is 6.69. The summed E-state index contributed by atoms with van der Waals surface area (Å²) < 4.78 is 0. The summed E-state index contributed by atoms with van der Waals surface area (Å²) in [6, 6.07) is 1.49. The van der Waals surface area contributed by atoms with Crippen LogP contribution in [-0.2, 0) is 5.75 Å². The molecule has 3 heteroatoms. The molecule has 1 rings (SSSR count). The van der Waals surface area contributed by atoms with Crippen molar-refractivity contribution in [2.75, 3.05) is 0 Å². The number of rotatable bonds is 1. The molecule has 1 N–H and O–H groups in total. The van der Waals surface area contributed by atoms with Crippen molar-refractivity contribution in [1.29, 1.82) is 0 Å². The Kier molecular flexibility index (Phi) is 1.95. The monoisotopic (exact) mass is 141 g/mol. The van der Waals surface area contributed by atoms with Crippen molar-refractivity contribution < 1.29 is 0 Å². The van der Waals surface area contributed by atoms with Crippen molar-refractivity contribution >= 4 is 12.6 Å². The summed E-state index contributed by atoms with van der Waals surface area (Å²) in [6.45, 7) is 0. The van der Waals surface area contributed by atoms with Crippen LogP contribution in [0.25, 0.3) is 0 Å². The van der Waals surface area contributed by atoms with E-state index >= 15 is 0 Å². The highest BCUT2D eigenvalue weighted by Gasteiger charge is 1.90. The Morgan fingerprint density at radius 3 is 2.89 bits per heavy atom. The van der Waals surface area contributed by atoms with E-state index in [1.807, 2.05) is 0 Å². The quantitative estimate of drug-likeness (QED) is 0.557. The predicted molar refractivity (Wildman–Crippen MR) is 39.8 cm³/mol. The second kappa shape index (κ2) is 2.73. The maximum Gasteiger partial charge on any atom is 0.185 e. The van der Waals surface area contributed by atoms with Gasteiger partial charge in [-0.3, -0.25) is 4.79 Å². The van der Waals surface area contributed by atoms with Gasteiger partial charge in [-0.2, -0.15) is 12.6 Å². The van der Waals surface area contributed by atoms with Gasteiger partial charge < -0.3 is 4.98 Å². The van der Waals surface area contributed by atoms with Gasteiger partial charge in [0.2, 0.25) is 0 Å². The zero-order valence-electron chi connectivity index (χ0n) is 4.79. The fourth-order valence-corrected chi connectivity index (χ4v) is 0.821. The molecular weight excluding hydrogens is 134 g/mol. The molecule has 48 valence electrons. The molecule has 0 spiro atoms. The van der Waals surface area contributed by atoms with Gasteiger partial charge in [-0.1, -0.05) is 0 Å². The van der Waals surface area contributed by atoms with Crippen LogP contribution in [0.4, 0.5) is 0 Å². The maximum atomic E-state index is 10.8. The second-order valence-corrected chi connectivity index (χ2v) is 2.01. The first-order chi connectivity index (χ1) is 4.34. The van der Waals surface area contributed by atoms with Gasteiger partial charge in [0.1, 0.15) is 0 Å². The van der Waals surface area contributed by atoms with Gasteiger partial charge in [0.25, 0.3) is 0 Å². The van der Waals surface area contributed by atoms with E-state index in [1.54, 1.807) is 12.4 Å². The Morgan fingerprint density at radius 1 is 1.67 bits per heavy atom. The van der Waals surface area contributed by atoms with Crippen molar-refractivity contribution in [3.8, 4) is 0 Å². The number of hydrogen-bond donors (Lipinski definition) is 2. The minimum atomic E-state index is 0.0451. The zero-order valence-corrected chi connectivity index (χ0v) is 5.69. The van der Waals surface area contributed by atoms with Crippen molar-refractivity contribution in [1.82, 2.24) is 4.98 Å². The molecule has 2 nitrogen and oxygen atoms in total. The topological polar surface area (TPSA) is 32.9 Å². The second-order valence-electron chi connectivity index (χ2n) is 1.69. The molecule has 0 fully saturated rings. The Bertz CT molecular complexity index is 243. The lowest BCUT2D eigenvalue weighted by molar-refractivity contribution is 1.22. The average Bonchev–Trinajstić information content (AvgIpc) is 1.89. The first-order valence-electron chi connectivity index (χ1n) is 2.61. The van der Waals surface area contributed by atoms with Crippen LogP contribution < -0.4 is 5.43 Å². The van der Waals surface area contributed by atoms with E-state index in [2.05, 4.69) is 17.6 Å². The summed E-state index contributed by atoms with van der Waals surface area (Å²) in [5.74, 6) is 0.496. The summed E-state index contributed by atoms with van der Waals surface area (Å²) >= 11 is 3.96. The highest BCUT2D eigenvalue weighted by Crippen LogP contribution is 1.91. The molecule has 1 heterocycles. The van der Waals surface area contributed by atoms with Crippen LogP contribution in [-0.4, -0.2) is 4.98 Å². The minimum Gasteiger partial charge on any atom is -0.367 e. The molecule has 0 atom stereocenters. The van der Waals surface area contributed by atoms with Crippen LogP contribution in [0.5, 0.6) is 0 Å². The summed E-state index contributed by atoms with van der Waals surface area (Å²) in [6.07, 6.45) is 3.27. The van der Waals surface area contributed by atoms with Gasteiger partial charge in [0, 0.05) is 29.8 Å². The third-order valence-electron chi connectivity index (χ3n) is 1.08.